The van der Waals surface area contributed by atoms with Crippen LogP contribution in [0, 0.1) is 5.92 Å². The summed E-state index contributed by atoms with van der Waals surface area (Å²) in [4.78, 5) is 4.21. The summed E-state index contributed by atoms with van der Waals surface area (Å²) < 4.78 is 11.0. The molecule has 0 bridgehead atoms. The quantitative estimate of drug-likeness (QED) is 0.315. The second kappa shape index (κ2) is 8.97. The van der Waals surface area contributed by atoms with Gasteiger partial charge in [0.25, 0.3) is 0 Å². The van der Waals surface area contributed by atoms with Crippen molar-refractivity contribution in [2.75, 3.05) is 33.4 Å². The Hall–Kier alpha value is -0.0800. The van der Waals surface area contributed by atoms with Crippen LogP contribution in [0.5, 0.6) is 0 Å². The van der Waals surface area contributed by atoms with Crippen molar-refractivity contribution in [1.29, 1.82) is 0 Å². The first kappa shape index (κ1) is 17.0. The second-order valence-electron chi connectivity index (χ2n) is 5.17. The average molecular weight is 383 g/mol. The van der Waals surface area contributed by atoms with Crippen LogP contribution in [0.15, 0.2) is 4.99 Å². The zero-order valence-electron chi connectivity index (χ0n) is 11.9. The minimum absolute atomic E-state index is 0. The van der Waals surface area contributed by atoms with E-state index in [0.717, 1.165) is 51.1 Å². The highest BCUT2D eigenvalue weighted by Gasteiger charge is 2.33. The third-order valence-electron chi connectivity index (χ3n) is 3.51. The zero-order chi connectivity index (χ0) is 12.8. The van der Waals surface area contributed by atoms with Crippen molar-refractivity contribution in [1.82, 2.24) is 10.6 Å². The minimum atomic E-state index is 0. The Morgan fingerprint density at radius 3 is 2.84 bits per heavy atom. The monoisotopic (exact) mass is 383 g/mol. The van der Waals surface area contributed by atoms with Gasteiger partial charge in [-0.2, -0.15) is 0 Å². The molecule has 0 spiro atoms. The van der Waals surface area contributed by atoms with Crippen molar-refractivity contribution in [3.8, 4) is 0 Å². The van der Waals surface area contributed by atoms with Crippen molar-refractivity contribution in [2.24, 2.45) is 10.9 Å². The fraction of sp³-hybridized carbons (Fsp3) is 0.923. The SMILES string of the molecule is CN=C(NCCCOC1CCOC1)NC1CC1C.I. The number of guanidine groups is 1. The van der Waals surface area contributed by atoms with Crippen molar-refractivity contribution >= 4 is 29.9 Å². The second-order valence-corrected chi connectivity index (χ2v) is 5.17. The average Bonchev–Trinajstić information content (AvgIpc) is 2.86. The highest BCUT2D eigenvalue weighted by molar-refractivity contribution is 14.0. The molecule has 5 nitrogen and oxygen atoms in total. The molecule has 3 atom stereocenters. The lowest BCUT2D eigenvalue weighted by atomic mass is 10.3. The van der Waals surface area contributed by atoms with Crippen molar-refractivity contribution in [2.45, 2.75) is 38.3 Å². The van der Waals surface area contributed by atoms with E-state index in [9.17, 15) is 0 Å². The molecule has 3 unspecified atom stereocenters. The Balaban J connectivity index is 0.00000180. The topological polar surface area (TPSA) is 54.9 Å². The third kappa shape index (κ3) is 6.27. The highest BCUT2D eigenvalue weighted by atomic mass is 127. The summed E-state index contributed by atoms with van der Waals surface area (Å²) in [5.41, 5.74) is 0. The first-order valence-corrected chi connectivity index (χ1v) is 6.96. The molecule has 0 aromatic heterocycles. The third-order valence-corrected chi connectivity index (χ3v) is 3.51. The van der Waals surface area contributed by atoms with Crippen LogP contribution >= 0.6 is 24.0 Å². The van der Waals surface area contributed by atoms with E-state index in [1.54, 1.807) is 0 Å². The lowest BCUT2D eigenvalue weighted by molar-refractivity contribution is 0.0420. The summed E-state index contributed by atoms with van der Waals surface area (Å²) in [6.45, 7) is 5.55. The van der Waals surface area contributed by atoms with Crippen LogP contribution < -0.4 is 10.6 Å². The summed E-state index contributed by atoms with van der Waals surface area (Å²) >= 11 is 0. The van der Waals surface area contributed by atoms with Crippen LogP contribution in [0.3, 0.4) is 0 Å². The maximum atomic E-state index is 5.70. The highest BCUT2D eigenvalue weighted by Crippen LogP contribution is 2.28. The van der Waals surface area contributed by atoms with Gasteiger partial charge in [0.15, 0.2) is 5.96 Å². The first-order valence-electron chi connectivity index (χ1n) is 6.96. The molecule has 1 aliphatic carbocycles. The van der Waals surface area contributed by atoms with E-state index in [0.29, 0.717) is 12.1 Å². The Morgan fingerprint density at radius 1 is 1.47 bits per heavy atom. The smallest absolute Gasteiger partial charge is 0.191 e. The number of halogens is 1. The lowest BCUT2D eigenvalue weighted by Crippen LogP contribution is -2.39. The van der Waals surface area contributed by atoms with Crippen molar-refractivity contribution in [3.63, 3.8) is 0 Å². The van der Waals surface area contributed by atoms with E-state index in [1.807, 2.05) is 7.05 Å². The summed E-state index contributed by atoms with van der Waals surface area (Å²) in [7, 11) is 1.81. The molecule has 0 aromatic carbocycles. The molecule has 112 valence electrons. The molecule has 0 aromatic rings. The number of nitrogens with one attached hydrogen (secondary N) is 2. The normalized spacial score (nSPS) is 29.8. The largest absolute Gasteiger partial charge is 0.379 e. The van der Waals surface area contributed by atoms with Crippen LogP contribution in [-0.4, -0.2) is 51.5 Å². The van der Waals surface area contributed by atoms with Crippen LogP contribution in [-0.2, 0) is 9.47 Å². The van der Waals surface area contributed by atoms with Gasteiger partial charge in [0.1, 0.15) is 0 Å². The Morgan fingerprint density at radius 2 is 2.26 bits per heavy atom. The molecule has 6 heteroatoms. The van der Waals surface area contributed by atoms with Gasteiger partial charge in [0.2, 0.25) is 0 Å². The van der Waals surface area contributed by atoms with Gasteiger partial charge < -0.3 is 20.1 Å². The Labute approximate surface area is 132 Å². The molecule has 19 heavy (non-hydrogen) atoms. The van der Waals surface area contributed by atoms with E-state index in [1.165, 1.54) is 6.42 Å². The van der Waals surface area contributed by atoms with Gasteiger partial charge in [-0.3, -0.25) is 4.99 Å². The molecule has 2 fully saturated rings. The van der Waals surface area contributed by atoms with Gasteiger partial charge in [-0.25, -0.2) is 0 Å². The molecule has 1 heterocycles. The van der Waals surface area contributed by atoms with Gasteiger partial charge >= 0.3 is 0 Å². The van der Waals surface area contributed by atoms with Gasteiger partial charge in [0, 0.05) is 32.8 Å². The molecule has 2 N–H and O–H groups in total. The van der Waals surface area contributed by atoms with Gasteiger partial charge in [-0.1, -0.05) is 6.92 Å². The van der Waals surface area contributed by atoms with Crippen molar-refractivity contribution < 1.29 is 9.47 Å². The summed E-state index contributed by atoms with van der Waals surface area (Å²) in [5, 5.41) is 6.71. The number of rotatable bonds is 6. The van der Waals surface area contributed by atoms with Crippen LogP contribution in [0.4, 0.5) is 0 Å². The molecular formula is C13H26IN3O2. The van der Waals surface area contributed by atoms with E-state index >= 15 is 0 Å². The molecule has 2 aliphatic rings. The molecule has 2 rings (SSSR count). The number of hydrogen-bond acceptors (Lipinski definition) is 3. The Bertz CT molecular complexity index is 283. The van der Waals surface area contributed by atoms with E-state index < -0.39 is 0 Å². The predicted molar refractivity (Wildman–Crippen MR) is 87.3 cm³/mol. The van der Waals surface area contributed by atoms with Crippen LogP contribution in [0.1, 0.15) is 26.2 Å². The fourth-order valence-electron chi connectivity index (χ4n) is 2.07. The van der Waals surface area contributed by atoms with Gasteiger partial charge in [0.05, 0.1) is 12.7 Å². The molecule has 1 saturated heterocycles. The van der Waals surface area contributed by atoms with E-state index in [2.05, 4.69) is 22.5 Å². The maximum absolute atomic E-state index is 5.70. The summed E-state index contributed by atoms with van der Waals surface area (Å²) in [6, 6.07) is 0.614. The fourth-order valence-corrected chi connectivity index (χ4v) is 2.07. The predicted octanol–water partition coefficient (Wildman–Crippen LogP) is 1.37. The minimum Gasteiger partial charge on any atom is -0.379 e. The molecule has 0 amide bonds. The van der Waals surface area contributed by atoms with E-state index in [-0.39, 0.29) is 24.0 Å². The number of aliphatic imine (C=N–C) groups is 1. The molecular weight excluding hydrogens is 357 g/mol. The van der Waals surface area contributed by atoms with Gasteiger partial charge in [-0.05, 0) is 25.2 Å². The van der Waals surface area contributed by atoms with E-state index in [4.69, 9.17) is 9.47 Å². The van der Waals surface area contributed by atoms with Gasteiger partial charge in [-0.15, -0.1) is 24.0 Å². The summed E-state index contributed by atoms with van der Waals surface area (Å²) in [5.74, 6) is 1.70. The number of ether oxygens (including phenoxy) is 2. The summed E-state index contributed by atoms with van der Waals surface area (Å²) in [6.07, 6.45) is 3.61. The maximum Gasteiger partial charge on any atom is 0.191 e. The Kier molecular flexibility index (Phi) is 8.01. The van der Waals surface area contributed by atoms with Crippen LogP contribution in [0.2, 0.25) is 0 Å². The molecule has 1 aliphatic heterocycles. The standard InChI is InChI=1S/C13H25N3O2.HI/c1-10-8-12(10)16-13(14-2)15-5-3-6-18-11-4-7-17-9-11;/h10-12H,3-9H2,1-2H3,(H2,14,15,16);1H. The van der Waals surface area contributed by atoms with Crippen molar-refractivity contribution in [3.05, 3.63) is 0 Å². The lowest BCUT2D eigenvalue weighted by Gasteiger charge is -2.12. The number of hydrogen-bond donors (Lipinski definition) is 2. The molecule has 1 saturated carbocycles. The zero-order valence-corrected chi connectivity index (χ0v) is 14.2. The first-order chi connectivity index (χ1) is 8.79. The molecule has 0 radical (unpaired) electrons. The van der Waals surface area contributed by atoms with Crippen LogP contribution in [0.25, 0.3) is 0 Å². The number of nitrogens with zero attached hydrogens (tertiary/aromatic N) is 1.